The lowest BCUT2D eigenvalue weighted by molar-refractivity contribution is -0.121. The number of aryl methyl sites for hydroxylation is 1. The minimum absolute atomic E-state index is 0.106. The van der Waals surface area contributed by atoms with E-state index in [1.165, 1.54) is 22.0 Å². The van der Waals surface area contributed by atoms with Crippen LogP contribution in [0.4, 0.5) is 5.69 Å². The van der Waals surface area contributed by atoms with Gasteiger partial charge < -0.3 is 14.9 Å². The van der Waals surface area contributed by atoms with E-state index in [9.17, 15) is 13.2 Å². The first-order chi connectivity index (χ1) is 15.0. The number of aromatic nitrogens is 3. The van der Waals surface area contributed by atoms with Gasteiger partial charge in [-0.15, -0.1) is 5.10 Å². The molecule has 0 bridgehead atoms. The number of morpholine rings is 1. The Morgan fingerprint density at radius 3 is 2.61 bits per heavy atom. The summed E-state index contributed by atoms with van der Waals surface area (Å²) in [5.74, 6) is -0.370. The fraction of sp³-hybridized carbons (Fsp3) is 0.350. The van der Waals surface area contributed by atoms with Gasteiger partial charge >= 0.3 is 0 Å². The number of sulfonamides is 1. The zero-order chi connectivity index (χ0) is 21.8. The molecule has 1 aromatic heterocycles. The number of anilines is 1. The molecule has 1 aliphatic rings. The number of carbonyl (C=O) groups is 1. The molecule has 31 heavy (non-hydrogen) atoms. The van der Waals surface area contributed by atoms with Crippen molar-refractivity contribution in [2.75, 3.05) is 38.2 Å². The first kappa shape index (κ1) is 21.2. The molecule has 0 atom stereocenters. The van der Waals surface area contributed by atoms with E-state index in [1.54, 1.807) is 6.07 Å². The van der Waals surface area contributed by atoms with E-state index in [0.29, 0.717) is 43.0 Å². The van der Waals surface area contributed by atoms with Crippen LogP contribution < -0.4 is 10.2 Å². The molecular formula is C20H23N5O5S. The van der Waals surface area contributed by atoms with Crippen LogP contribution in [0.2, 0.25) is 0 Å². The van der Waals surface area contributed by atoms with E-state index in [1.807, 2.05) is 24.3 Å². The van der Waals surface area contributed by atoms with Crippen molar-refractivity contribution in [2.45, 2.75) is 18.2 Å². The van der Waals surface area contributed by atoms with Gasteiger partial charge in [-0.1, -0.05) is 23.9 Å². The predicted molar refractivity (Wildman–Crippen MR) is 113 cm³/mol. The Labute approximate surface area is 179 Å². The summed E-state index contributed by atoms with van der Waals surface area (Å²) < 4.78 is 32.4. The van der Waals surface area contributed by atoms with Crippen LogP contribution >= 0.6 is 0 Å². The van der Waals surface area contributed by atoms with E-state index < -0.39 is 10.0 Å². The van der Waals surface area contributed by atoms with Crippen LogP contribution in [-0.4, -0.2) is 66.7 Å². The van der Waals surface area contributed by atoms with Gasteiger partial charge in [0.15, 0.2) is 6.61 Å². The van der Waals surface area contributed by atoms with Crippen LogP contribution in [-0.2, 0) is 26.0 Å². The van der Waals surface area contributed by atoms with Crippen molar-refractivity contribution in [2.24, 2.45) is 0 Å². The number of carbonyl (C=O) groups excluding carboxylic acids is 1. The zero-order valence-electron chi connectivity index (χ0n) is 17.0. The molecule has 0 radical (unpaired) electrons. The average molecular weight is 446 g/mol. The largest absolute Gasteiger partial charge is 0.385 e. The van der Waals surface area contributed by atoms with E-state index >= 15 is 0 Å². The van der Waals surface area contributed by atoms with Crippen LogP contribution in [0.25, 0.3) is 11.0 Å². The second-order valence-corrected chi connectivity index (χ2v) is 8.94. The Bertz CT molecular complexity index is 1170. The molecule has 1 fully saturated rings. The topological polar surface area (TPSA) is 116 Å². The normalized spacial score (nSPS) is 15.1. The third-order valence-corrected chi connectivity index (χ3v) is 6.85. The summed E-state index contributed by atoms with van der Waals surface area (Å²) in [4.78, 5) is 18.8. The van der Waals surface area contributed by atoms with Crippen molar-refractivity contribution in [1.82, 2.24) is 19.5 Å². The van der Waals surface area contributed by atoms with Crippen molar-refractivity contribution in [1.29, 1.82) is 0 Å². The lowest BCUT2D eigenvalue weighted by Crippen LogP contribution is -2.40. The Balaban J connectivity index is 1.46. The number of ether oxygens (including phenoxy) is 1. The number of hydrogen-bond donors (Lipinski definition) is 1. The Morgan fingerprint density at radius 2 is 1.90 bits per heavy atom. The van der Waals surface area contributed by atoms with Gasteiger partial charge in [0.2, 0.25) is 10.0 Å². The maximum absolute atomic E-state index is 12.9. The molecule has 0 spiro atoms. The standard InChI is InChI=1S/C20H23N5O5S/c1-2-15-3-5-16(6-4-15)21-20(26)14-30-25-19-13-17(7-8-18(19)22-23-25)31(27,28)24-9-11-29-12-10-24/h3-8,13H,2,9-12,14H2,1H3,(H,21,26). The molecule has 1 saturated heterocycles. The van der Waals surface area contributed by atoms with Gasteiger partial charge in [0.05, 0.1) is 18.1 Å². The number of hydrogen-bond acceptors (Lipinski definition) is 7. The summed E-state index contributed by atoms with van der Waals surface area (Å²) in [5, 5.41) is 10.6. The fourth-order valence-electron chi connectivity index (χ4n) is 3.21. The highest BCUT2D eigenvalue weighted by Gasteiger charge is 2.27. The quantitative estimate of drug-likeness (QED) is 0.579. The summed E-state index contributed by atoms with van der Waals surface area (Å²) in [6, 6.07) is 12.0. The molecule has 2 heterocycles. The average Bonchev–Trinajstić information content (AvgIpc) is 3.21. The molecule has 1 aliphatic heterocycles. The molecule has 0 aliphatic carbocycles. The van der Waals surface area contributed by atoms with Gasteiger partial charge in [-0.3, -0.25) is 4.79 Å². The van der Waals surface area contributed by atoms with Crippen LogP contribution in [0.5, 0.6) is 0 Å². The number of amides is 1. The summed E-state index contributed by atoms with van der Waals surface area (Å²) in [7, 11) is -3.68. The van der Waals surface area contributed by atoms with E-state index in [0.717, 1.165) is 11.3 Å². The van der Waals surface area contributed by atoms with Crippen molar-refractivity contribution in [3.63, 3.8) is 0 Å². The molecule has 1 N–H and O–H groups in total. The second-order valence-electron chi connectivity index (χ2n) is 7.00. The Kier molecular flexibility index (Phi) is 6.16. The van der Waals surface area contributed by atoms with Crippen LogP contribution in [0.15, 0.2) is 47.4 Å². The fourth-order valence-corrected chi connectivity index (χ4v) is 4.64. The molecule has 1 amide bonds. The summed E-state index contributed by atoms with van der Waals surface area (Å²) in [6.07, 6.45) is 0.917. The van der Waals surface area contributed by atoms with Gasteiger partial charge in [-0.2, -0.15) is 4.31 Å². The second kappa shape index (κ2) is 9.00. The first-order valence-electron chi connectivity index (χ1n) is 9.93. The van der Waals surface area contributed by atoms with Gasteiger partial charge in [-0.05, 0) is 47.5 Å². The molecule has 4 rings (SSSR count). The number of fused-ring (bicyclic) bond motifs is 1. The maximum atomic E-state index is 12.9. The van der Waals surface area contributed by atoms with E-state index in [-0.39, 0.29) is 17.4 Å². The maximum Gasteiger partial charge on any atom is 0.265 e. The van der Waals surface area contributed by atoms with E-state index in [4.69, 9.17) is 9.57 Å². The summed E-state index contributed by atoms with van der Waals surface area (Å²) in [6.45, 7) is 3.07. The third kappa shape index (κ3) is 4.68. The van der Waals surface area contributed by atoms with Crippen molar-refractivity contribution >= 4 is 32.7 Å². The SMILES string of the molecule is CCc1ccc(NC(=O)COn2nnc3ccc(S(=O)(=O)N4CCOCC4)cc32)cc1. The van der Waals surface area contributed by atoms with Crippen molar-refractivity contribution in [3.05, 3.63) is 48.0 Å². The summed E-state index contributed by atoms with van der Waals surface area (Å²) >= 11 is 0. The van der Waals surface area contributed by atoms with Gasteiger partial charge in [0.1, 0.15) is 11.0 Å². The monoisotopic (exact) mass is 445 g/mol. The van der Waals surface area contributed by atoms with Gasteiger partial charge in [-0.25, -0.2) is 8.42 Å². The molecule has 10 nitrogen and oxygen atoms in total. The molecule has 164 valence electrons. The molecule has 0 unspecified atom stereocenters. The molecule has 2 aromatic carbocycles. The lowest BCUT2D eigenvalue weighted by Gasteiger charge is -2.26. The highest BCUT2D eigenvalue weighted by atomic mass is 32.2. The van der Waals surface area contributed by atoms with E-state index in [2.05, 4.69) is 22.6 Å². The Hall–Kier alpha value is -3.02. The summed E-state index contributed by atoms with van der Waals surface area (Å²) in [5.41, 5.74) is 2.64. The minimum Gasteiger partial charge on any atom is -0.385 e. The Morgan fingerprint density at radius 1 is 1.16 bits per heavy atom. The van der Waals surface area contributed by atoms with Crippen LogP contribution in [0, 0.1) is 0 Å². The highest BCUT2D eigenvalue weighted by molar-refractivity contribution is 7.89. The van der Waals surface area contributed by atoms with Gasteiger partial charge in [0, 0.05) is 18.8 Å². The van der Waals surface area contributed by atoms with Crippen LogP contribution in [0.3, 0.4) is 0 Å². The number of nitrogens with one attached hydrogen (secondary N) is 1. The first-order valence-corrected chi connectivity index (χ1v) is 11.4. The highest BCUT2D eigenvalue weighted by Crippen LogP contribution is 2.21. The van der Waals surface area contributed by atoms with Crippen molar-refractivity contribution in [3.8, 4) is 0 Å². The predicted octanol–water partition coefficient (Wildman–Crippen LogP) is 1.08. The molecule has 11 heteroatoms. The molecular weight excluding hydrogens is 422 g/mol. The molecule has 3 aromatic rings. The van der Waals surface area contributed by atoms with Crippen LogP contribution in [0.1, 0.15) is 12.5 Å². The number of rotatable bonds is 7. The molecule has 0 saturated carbocycles. The third-order valence-electron chi connectivity index (χ3n) is 4.96. The lowest BCUT2D eigenvalue weighted by atomic mass is 10.1. The smallest absolute Gasteiger partial charge is 0.265 e. The number of nitrogens with zero attached hydrogens (tertiary/aromatic N) is 4. The van der Waals surface area contributed by atoms with Gasteiger partial charge in [0.25, 0.3) is 5.91 Å². The number of benzene rings is 2. The van der Waals surface area contributed by atoms with Crippen molar-refractivity contribution < 1.29 is 22.8 Å². The minimum atomic E-state index is -3.68. The zero-order valence-corrected chi connectivity index (χ0v) is 17.8.